The molecule has 1 aromatic heterocycles. The van der Waals surface area contributed by atoms with Crippen LogP contribution in [0.5, 0.6) is 5.75 Å². The number of ether oxygens (including phenoxy) is 1. The number of aromatic nitrogens is 2. The predicted molar refractivity (Wildman–Crippen MR) is 122 cm³/mol. The lowest BCUT2D eigenvalue weighted by Crippen LogP contribution is -2.70. The number of rotatable bonds is 5. The first kappa shape index (κ1) is 24.5. The van der Waals surface area contributed by atoms with Crippen LogP contribution in [-0.2, 0) is 4.79 Å². The highest BCUT2D eigenvalue weighted by Crippen LogP contribution is 2.47. The predicted octanol–water partition coefficient (Wildman–Crippen LogP) is 2.76. The van der Waals surface area contributed by atoms with Crippen LogP contribution in [0, 0.1) is 0 Å². The number of ketones is 1. The molecule has 3 aliphatic carbocycles. The highest BCUT2D eigenvalue weighted by atomic mass is 35.5. The third-order valence-electron chi connectivity index (χ3n) is 7.37. The first-order valence-corrected chi connectivity index (χ1v) is 11.9. The Balaban J connectivity index is 1.23. The molecule has 36 heavy (non-hydrogen) atoms. The zero-order valence-electron chi connectivity index (χ0n) is 19.0. The van der Waals surface area contributed by atoms with Gasteiger partial charge in [0.2, 0.25) is 0 Å². The Bertz CT molecular complexity index is 1220. The van der Waals surface area contributed by atoms with E-state index in [0.717, 1.165) is 12.4 Å². The van der Waals surface area contributed by atoms with Gasteiger partial charge in [0.25, 0.3) is 18.2 Å². The van der Waals surface area contributed by atoms with Crippen LogP contribution in [0.1, 0.15) is 71.5 Å². The summed E-state index contributed by atoms with van der Waals surface area (Å²) in [6.07, 6.45) is -1.11. The number of fused-ring (bicyclic) bond motifs is 4. The number of halogens is 3. The van der Waals surface area contributed by atoms with Crippen LogP contribution in [0.3, 0.4) is 0 Å². The minimum absolute atomic E-state index is 0.122. The summed E-state index contributed by atoms with van der Waals surface area (Å²) in [6.45, 7) is 0. The van der Waals surface area contributed by atoms with Gasteiger partial charge in [-0.15, -0.1) is 0 Å². The number of alkyl halides is 2. The number of carbonyl (C=O) groups is 3. The van der Waals surface area contributed by atoms with E-state index < -0.39 is 47.2 Å². The van der Waals surface area contributed by atoms with Crippen LogP contribution < -0.4 is 15.4 Å². The average Bonchev–Trinajstić information content (AvgIpc) is 2.85. The summed E-state index contributed by atoms with van der Waals surface area (Å²) >= 11 is 5.95. The van der Waals surface area contributed by atoms with Gasteiger partial charge in [-0.1, -0.05) is 11.6 Å². The Morgan fingerprint density at radius 3 is 2.53 bits per heavy atom. The maximum atomic E-state index is 13.1. The molecule has 1 aliphatic heterocycles. The average molecular weight is 521 g/mol. The Morgan fingerprint density at radius 1 is 1.14 bits per heavy atom. The number of hydrogen-bond donors (Lipinski definition) is 3. The molecular weight excluding hydrogens is 498 g/mol. The standard InChI is InChI=1S/C24H23ClF2N4O5/c25-12-1-2-17-13(7-12)16(32)8-18(36-17)22(35)30-23-3-5-24(6-4-23,19(33)9-23)31-21(34)15-11-28-14(10-29-15)20(26)27/h1-2,7,10-11,18-20,33H,3-6,8-9H2,(H,30,35)(H,31,34)/t18-,19+,23?,24?/m1/s1. The molecule has 2 heterocycles. The first-order chi connectivity index (χ1) is 17.1. The molecule has 2 aromatic rings. The number of hydrogen-bond acceptors (Lipinski definition) is 7. The van der Waals surface area contributed by atoms with Crippen molar-refractivity contribution in [2.24, 2.45) is 0 Å². The van der Waals surface area contributed by atoms with Crippen LogP contribution in [0.15, 0.2) is 30.6 Å². The second-order valence-corrected chi connectivity index (χ2v) is 10.0. The van der Waals surface area contributed by atoms with E-state index in [0.29, 0.717) is 42.0 Å². The van der Waals surface area contributed by atoms with Gasteiger partial charge in [0, 0.05) is 10.6 Å². The highest BCUT2D eigenvalue weighted by molar-refractivity contribution is 6.31. The summed E-state index contributed by atoms with van der Waals surface area (Å²) in [6, 6.07) is 4.65. The number of amides is 2. The Labute approximate surface area is 209 Å². The van der Waals surface area contributed by atoms with E-state index in [-0.39, 0.29) is 24.3 Å². The Hall–Kier alpha value is -3.18. The van der Waals surface area contributed by atoms with E-state index in [2.05, 4.69) is 20.6 Å². The summed E-state index contributed by atoms with van der Waals surface area (Å²) in [5, 5.41) is 17.2. The van der Waals surface area contributed by atoms with Gasteiger partial charge in [-0.3, -0.25) is 19.4 Å². The van der Waals surface area contributed by atoms with E-state index >= 15 is 0 Å². The molecule has 190 valence electrons. The number of carbonyl (C=O) groups excluding carboxylic acids is 3. The lowest BCUT2D eigenvalue weighted by Gasteiger charge is -2.56. The van der Waals surface area contributed by atoms with Gasteiger partial charge in [-0.25, -0.2) is 13.8 Å². The highest BCUT2D eigenvalue weighted by Gasteiger charge is 2.56. The Kier molecular flexibility index (Phi) is 6.16. The van der Waals surface area contributed by atoms with Gasteiger partial charge >= 0.3 is 0 Å². The number of nitrogens with zero attached hydrogens (tertiary/aromatic N) is 2. The molecule has 3 saturated carbocycles. The van der Waals surface area contributed by atoms with Crippen molar-refractivity contribution in [1.82, 2.24) is 20.6 Å². The van der Waals surface area contributed by atoms with E-state index in [1.165, 1.54) is 6.07 Å². The SMILES string of the molecule is O=C(NC12CCC(NC(=O)[C@H]3CC(=O)c4cc(Cl)ccc4O3)(CC1)C[C@@H]2O)c1cnc(C(F)F)cn1. The van der Waals surface area contributed by atoms with E-state index in [1.54, 1.807) is 12.1 Å². The number of aliphatic hydroxyl groups excluding tert-OH is 1. The largest absolute Gasteiger partial charge is 0.479 e. The van der Waals surface area contributed by atoms with Crippen LogP contribution in [-0.4, -0.2) is 56.0 Å². The van der Waals surface area contributed by atoms with Gasteiger partial charge in [0.1, 0.15) is 17.1 Å². The lowest BCUT2D eigenvalue weighted by molar-refractivity contribution is -0.134. The number of Topliss-reactive ketones (excluding diaryl/α,β-unsaturated/α-hetero) is 1. The molecule has 0 saturated heterocycles. The van der Waals surface area contributed by atoms with Gasteiger partial charge in [0.15, 0.2) is 11.9 Å². The molecule has 4 aliphatic rings. The molecule has 3 fully saturated rings. The molecule has 0 spiro atoms. The molecule has 2 bridgehead atoms. The van der Waals surface area contributed by atoms with Crippen molar-refractivity contribution < 1.29 is 33.0 Å². The molecule has 12 heteroatoms. The number of aliphatic hydroxyl groups is 1. The van der Waals surface area contributed by atoms with Gasteiger partial charge < -0.3 is 20.5 Å². The zero-order chi connectivity index (χ0) is 25.7. The normalized spacial score (nSPS) is 28.9. The van der Waals surface area contributed by atoms with Crippen molar-refractivity contribution in [3.8, 4) is 5.75 Å². The van der Waals surface area contributed by atoms with Crippen molar-refractivity contribution >= 4 is 29.2 Å². The van der Waals surface area contributed by atoms with Gasteiger partial charge in [-0.05, 0) is 50.3 Å². The van der Waals surface area contributed by atoms with Gasteiger partial charge in [0.05, 0.1) is 36.0 Å². The molecule has 0 unspecified atom stereocenters. The van der Waals surface area contributed by atoms with E-state index in [4.69, 9.17) is 16.3 Å². The second kappa shape index (κ2) is 9.04. The van der Waals surface area contributed by atoms with Crippen molar-refractivity contribution in [2.45, 2.75) is 68.2 Å². The number of benzene rings is 1. The lowest BCUT2D eigenvalue weighted by atomic mass is 9.59. The van der Waals surface area contributed by atoms with Crippen LogP contribution in [0.4, 0.5) is 8.78 Å². The van der Waals surface area contributed by atoms with Crippen molar-refractivity contribution in [3.63, 3.8) is 0 Å². The molecular formula is C24H23ClF2N4O5. The minimum Gasteiger partial charge on any atom is -0.479 e. The summed E-state index contributed by atoms with van der Waals surface area (Å²) in [4.78, 5) is 45.6. The molecule has 9 nitrogen and oxygen atoms in total. The third kappa shape index (κ3) is 4.41. The fourth-order valence-electron chi connectivity index (χ4n) is 5.30. The molecule has 0 radical (unpaired) electrons. The van der Waals surface area contributed by atoms with Crippen LogP contribution in [0.25, 0.3) is 0 Å². The first-order valence-electron chi connectivity index (χ1n) is 11.5. The summed E-state index contributed by atoms with van der Waals surface area (Å²) in [7, 11) is 0. The van der Waals surface area contributed by atoms with Crippen LogP contribution in [0.2, 0.25) is 5.02 Å². The van der Waals surface area contributed by atoms with Crippen LogP contribution >= 0.6 is 11.6 Å². The molecule has 2 atom stereocenters. The maximum Gasteiger partial charge on any atom is 0.281 e. The van der Waals surface area contributed by atoms with Crippen molar-refractivity contribution in [2.75, 3.05) is 0 Å². The smallest absolute Gasteiger partial charge is 0.281 e. The molecule has 2 amide bonds. The van der Waals surface area contributed by atoms with Crippen molar-refractivity contribution in [1.29, 1.82) is 0 Å². The minimum atomic E-state index is -2.79. The molecule has 3 N–H and O–H groups in total. The summed E-state index contributed by atoms with van der Waals surface area (Å²) in [5.74, 6) is -1.00. The molecule has 1 aromatic carbocycles. The second-order valence-electron chi connectivity index (χ2n) is 9.60. The van der Waals surface area contributed by atoms with Crippen molar-refractivity contribution in [3.05, 3.63) is 52.6 Å². The summed E-state index contributed by atoms with van der Waals surface area (Å²) in [5.41, 5.74) is -1.95. The third-order valence-corrected chi connectivity index (χ3v) is 7.61. The molecule has 6 rings (SSSR count). The monoisotopic (exact) mass is 520 g/mol. The summed E-state index contributed by atoms with van der Waals surface area (Å²) < 4.78 is 31.2. The fourth-order valence-corrected chi connectivity index (χ4v) is 5.48. The van der Waals surface area contributed by atoms with Gasteiger partial charge in [-0.2, -0.15) is 0 Å². The fraction of sp³-hybridized carbons (Fsp3) is 0.458. The van der Waals surface area contributed by atoms with E-state index in [1.807, 2.05) is 0 Å². The zero-order valence-corrected chi connectivity index (χ0v) is 19.7. The van der Waals surface area contributed by atoms with E-state index in [9.17, 15) is 28.3 Å². The Morgan fingerprint density at radius 2 is 1.89 bits per heavy atom. The quantitative estimate of drug-likeness (QED) is 0.552. The maximum absolute atomic E-state index is 13.1. The number of nitrogens with one attached hydrogen (secondary N) is 2. The topological polar surface area (TPSA) is 131 Å².